The van der Waals surface area contributed by atoms with Gasteiger partial charge in [0.2, 0.25) is 0 Å². The van der Waals surface area contributed by atoms with Gasteiger partial charge in [-0.15, -0.1) is 0 Å². The topological polar surface area (TPSA) is 69.8 Å². The SMILES string of the molecule is CNc1ccc(C(=O)NCCCc2cn[nH]c2C)cc1. The van der Waals surface area contributed by atoms with Crippen molar-refractivity contribution in [2.45, 2.75) is 19.8 Å². The molecular weight excluding hydrogens is 252 g/mol. The number of aromatic nitrogens is 2. The fourth-order valence-electron chi connectivity index (χ4n) is 2.00. The van der Waals surface area contributed by atoms with E-state index in [4.69, 9.17) is 0 Å². The highest BCUT2D eigenvalue weighted by molar-refractivity contribution is 5.94. The lowest BCUT2D eigenvalue weighted by Crippen LogP contribution is -2.24. The number of benzene rings is 1. The summed E-state index contributed by atoms with van der Waals surface area (Å²) in [6.07, 6.45) is 3.66. The van der Waals surface area contributed by atoms with Crippen LogP contribution in [0.25, 0.3) is 0 Å². The molecule has 0 aliphatic carbocycles. The molecule has 0 atom stereocenters. The fourth-order valence-corrected chi connectivity index (χ4v) is 2.00. The minimum atomic E-state index is -0.0310. The Bertz CT molecular complexity index is 560. The van der Waals surface area contributed by atoms with Gasteiger partial charge in [-0.1, -0.05) is 0 Å². The Morgan fingerprint density at radius 2 is 2.05 bits per heavy atom. The molecule has 0 unspecified atom stereocenters. The third kappa shape index (κ3) is 3.60. The van der Waals surface area contributed by atoms with Gasteiger partial charge in [0.1, 0.15) is 0 Å². The number of H-pyrrole nitrogens is 1. The van der Waals surface area contributed by atoms with E-state index in [2.05, 4.69) is 20.8 Å². The number of aromatic amines is 1. The quantitative estimate of drug-likeness (QED) is 0.705. The predicted molar refractivity (Wildman–Crippen MR) is 80.0 cm³/mol. The van der Waals surface area contributed by atoms with Gasteiger partial charge in [0.15, 0.2) is 0 Å². The van der Waals surface area contributed by atoms with E-state index in [-0.39, 0.29) is 5.91 Å². The third-order valence-electron chi connectivity index (χ3n) is 3.28. The molecule has 3 N–H and O–H groups in total. The standard InChI is InChI=1S/C15H20N4O/c1-11-13(10-18-19-11)4-3-9-17-15(20)12-5-7-14(16-2)8-6-12/h5-8,10,16H,3-4,9H2,1-2H3,(H,17,20)(H,18,19). The van der Waals surface area contributed by atoms with Crippen LogP contribution >= 0.6 is 0 Å². The van der Waals surface area contributed by atoms with Gasteiger partial charge >= 0.3 is 0 Å². The lowest BCUT2D eigenvalue weighted by molar-refractivity contribution is 0.0953. The Morgan fingerprint density at radius 3 is 2.65 bits per heavy atom. The minimum absolute atomic E-state index is 0.0310. The largest absolute Gasteiger partial charge is 0.388 e. The first-order valence-corrected chi connectivity index (χ1v) is 6.75. The molecule has 0 saturated heterocycles. The van der Waals surface area contributed by atoms with Crippen LogP contribution in [-0.2, 0) is 6.42 Å². The number of hydrogen-bond donors (Lipinski definition) is 3. The van der Waals surface area contributed by atoms with Gasteiger partial charge in [-0.2, -0.15) is 5.10 Å². The summed E-state index contributed by atoms with van der Waals surface area (Å²) in [5, 5.41) is 12.8. The molecule has 0 spiro atoms. The van der Waals surface area contributed by atoms with E-state index in [9.17, 15) is 4.79 Å². The molecule has 106 valence electrons. The molecule has 2 rings (SSSR count). The van der Waals surface area contributed by atoms with E-state index < -0.39 is 0 Å². The van der Waals surface area contributed by atoms with Gasteiger partial charge in [0.05, 0.1) is 6.20 Å². The lowest BCUT2D eigenvalue weighted by atomic mass is 10.1. The van der Waals surface area contributed by atoms with Crippen LogP contribution < -0.4 is 10.6 Å². The second-order valence-corrected chi connectivity index (χ2v) is 4.71. The van der Waals surface area contributed by atoms with Crippen molar-refractivity contribution in [1.29, 1.82) is 0 Å². The summed E-state index contributed by atoms with van der Waals surface area (Å²) in [5.41, 5.74) is 3.98. The zero-order valence-corrected chi connectivity index (χ0v) is 11.9. The van der Waals surface area contributed by atoms with E-state index in [0.717, 1.165) is 24.2 Å². The maximum absolute atomic E-state index is 11.9. The van der Waals surface area contributed by atoms with Crippen LogP contribution in [0.15, 0.2) is 30.5 Å². The van der Waals surface area contributed by atoms with Crippen LogP contribution in [0.4, 0.5) is 5.69 Å². The van der Waals surface area contributed by atoms with Crippen LogP contribution in [0.3, 0.4) is 0 Å². The number of rotatable bonds is 6. The Morgan fingerprint density at radius 1 is 1.30 bits per heavy atom. The summed E-state index contributed by atoms with van der Waals surface area (Å²) in [6, 6.07) is 7.43. The molecule has 2 aromatic rings. The fraction of sp³-hybridized carbons (Fsp3) is 0.333. The molecule has 5 heteroatoms. The highest BCUT2D eigenvalue weighted by Gasteiger charge is 2.05. The molecule has 0 saturated carbocycles. The smallest absolute Gasteiger partial charge is 0.251 e. The normalized spacial score (nSPS) is 10.3. The van der Waals surface area contributed by atoms with Gasteiger partial charge in [-0.25, -0.2) is 0 Å². The first kappa shape index (κ1) is 14.1. The number of carbonyl (C=O) groups excluding carboxylic acids is 1. The zero-order valence-electron chi connectivity index (χ0n) is 11.9. The molecule has 0 radical (unpaired) electrons. The van der Waals surface area contributed by atoms with Crippen LogP contribution in [0.1, 0.15) is 28.0 Å². The number of nitrogens with one attached hydrogen (secondary N) is 3. The van der Waals surface area contributed by atoms with Gasteiger partial charge in [-0.05, 0) is 49.6 Å². The predicted octanol–water partition coefficient (Wildman–Crippen LogP) is 2.12. The first-order chi connectivity index (χ1) is 9.70. The average molecular weight is 272 g/mol. The molecule has 0 aliphatic heterocycles. The van der Waals surface area contributed by atoms with Crippen LogP contribution in [0.2, 0.25) is 0 Å². The molecular formula is C15H20N4O. The second-order valence-electron chi connectivity index (χ2n) is 4.71. The molecule has 1 aromatic heterocycles. The number of aryl methyl sites for hydroxylation is 2. The summed E-state index contributed by atoms with van der Waals surface area (Å²) in [7, 11) is 1.85. The highest BCUT2D eigenvalue weighted by atomic mass is 16.1. The van der Waals surface area contributed by atoms with Crippen LogP contribution in [0, 0.1) is 6.92 Å². The molecule has 0 fully saturated rings. The molecule has 0 aliphatic rings. The summed E-state index contributed by atoms with van der Waals surface area (Å²) in [6.45, 7) is 2.67. The monoisotopic (exact) mass is 272 g/mol. The lowest BCUT2D eigenvalue weighted by Gasteiger charge is -2.06. The maximum atomic E-state index is 11.9. The second kappa shape index (κ2) is 6.75. The van der Waals surface area contributed by atoms with Crippen molar-refractivity contribution in [1.82, 2.24) is 15.5 Å². The zero-order chi connectivity index (χ0) is 14.4. The Labute approximate surface area is 118 Å². The number of amides is 1. The molecule has 1 heterocycles. The summed E-state index contributed by atoms with van der Waals surface area (Å²) in [4.78, 5) is 11.9. The van der Waals surface area contributed by atoms with E-state index >= 15 is 0 Å². The number of carbonyl (C=O) groups is 1. The average Bonchev–Trinajstić information content (AvgIpc) is 2.89. The summed E-state index contributed by atoms with van der Waals surface area (Å²) < 4.78 is 0. The minimum Gasteiger partial charge on any atom is -0.388 e. The molecule has 1 aromatic carbocycles. The maximum Gasteiger partial charge on any atom is 0.251 e. The summed E-state index contributed by atoms with van der Waals surface area (Å²) >= 11 is 0. The molecule has 20 heavy (non-hydrogen) atoms. The molecule has 0 bridgehead atoms. The van der Waals surface area contributed by atoms with Crippen LogP contribution in [-0.4, -0.2) is 29.7 Å². The Kier molecular flexibility index (Phi) is 4.76. The van der Waals surface area contributed by atoms with Crippen molar-refractivity contribution in [2.75, 3.05) is 18.9 Å². The van der Waals surface area contributed by atoms with Gasteiger partial charge in [-0.3, -0.25) is 9.89 Å². The van der Waals surface area contributed by atoms with E-state index in [1.807, 2.05) is 44.4 Å². The first-order valence-electron chi connectivity index (χ1n) is 6.75. The van der Waals surface area contributed by atoms with Crippen molar-refractivity contribution >= 4 is 11.6 Å². The summed E-state index contributed by atoms with van der Waals surface area (Å²) in [5.74, 6) is -0.0310. The van der Waals surface area contributed by atoms with Gasteiger partial charge in [0, 0.05) is 30.5 Å². The van der Waals surface area contributed by atoms with Crippen LogP contribution in [0.5, 0.6) is 0 Å². The van der Waals surface area contributed by atoms with Gasteiger partial charge in [0.25, 0.3) is 5.91 Å². The molecule has 1 amide bonds. The van der Waals surface area contributed by atoms with E-state index in [0.29, 0.717) is 12.1 Å². The number of nitrogens with zero attached hydrogens (tertiary/aromatic N) is 1. The third-order valence-corrected chi connectivity index (χ3v) is 3.28. The van der Waals surface area contributed by atoms with Gasteiger partial charge < -0.3 is 10.6 Å². The van der Waals surface area contributed by atoms with E-state index in [1.165, 1.54) is 5.56 Å². The van der Waals surface area contributed by atoms with Crippen molar-refractivity contribution in [3.05, 3.63) is 47.3 Å². The number of hydrogen-bond acceptors (Lipinski definition) is 3. The van der Waals surface area contributed by atoms with Crippen molar-refractivity contribution in [3.8, 4) is 0 Å². The number of anilines is 1. The van der Waals surface area contributed by atoms with Crippen molar-refractivity contribution < 1.29 is 4.79 Å². The van der Waals surface area contributed by atoms with E-state index in [1.54, 1.807) is 0 Å². The Balaban J connectivity index is 1.76. The Hall–Kier alpha value is -2.30. The highest BCUT2D eigenvalue weighted by Crippen LogP contribution is 2.09. The van der Waals surface area contributed by atoms with Crippen molar-refractivity contribution in [3.63, 3.8) is 0 Å². The van der Waals surface area contributed by atoms with Crippen molar-refractivity contribution in [2.24, 2.45) is 0 Å². The molecule has 5 nitrogen and oxygen atoms in total.